The molecule has 1 unspecified atom stereocenters. The van der Waals surface area contributed by atoms with Crippen molar-refractivity contribution in [1.29, 1.82) is 0 Å². The van der Waals surface area contributed by atoms with Crippen molar-refractivity contribution in [3.8, 4) is 0 Å². The molecular weight excluding hydrogens is 240 g/mol. The Bertz CT molecular complexity index is 400. The molecule has 1 N–H and O–H groups in total. The van der Waals surface area contributed by atoms with Gasteiger partial charge in [0.2, 0.25) is 0 Å². The lowest BCUT2D eigenvalue weighted by molar-refractivity contribution is -0.144. The van der Waals surface area contributed by atoms with E-state index in [1.54, 1.807) is 0 Å². The molecule has 1 atom stereocenters. The van der Waals surface area contributed by atoms with Crippen LogP contribution < -0.4 is 0 Å². The smallest absolute Gasteiger partial charge is 0.325 e. The van der Waals surface area contributed by atoms with Gasteiger partial charge in [0.05, 0.1) is 0 Å². The molecule has 0 bridgehead atoms. The number of rotatable bonds is 5. The Kier molecular flexibility index (Phi) is 4.93. The van der Waals surface area contributed by atoms with Gasteiger partial charge in [0.25, 0.3) is 0 Å². The molecule has 0 radical (unpaired) electrons. The van der Waals surface area contributed by atoms with E-state index in [2.05, 4.69) is 16.7 Å². The predicted molar refractivity (Wildman–Crippen MR) is 75.1 cm³/mol. The van der Waals surface area contributed by atoms with E-state index in [-0.39, 0.29) is 0 Å². The van der Waals surface area contributed by atoms with Crippen LogP contribution in [0.25, 0.3) is 0 Å². The zero-order valence-electron chi connectivity index (χ0n) is 11.5. The molecule has 19 heavy (non-hydrogen) atoms. The molecule has 0 amide bonds. The van der Waals surface area contributed by atoms with Crippen LogP contribution in [0.4, 0.5) is 0 Å². The summed E-state index contributed by atoms with van der Waals surface area (Å²) < 4.78 is 0. The van der Waals surface area contributed by atoms with Gasteiger partial charge in [0.15, 0.2) is 0 Å². The van der Waals surface area contributed by atoms with Crippen LogP contribution in [0.5, 0.6) is 0 Å². The molecule has 0 aliphatic carbocycles. The number of aliphatic carboxylic acids is 1. The zero-order valence-corrected chi connectivity index (χ0v) is 11.5. The van der Waals surface area contributed by atoms with Crippen molar-refractivity contribution in [3.63, 3.8) is 0 Å². The van der Waals surface area contributed by atoms with Gasteiger partial charge < -0.3 is 10.0 Å². The Hall–Kier alpha value is -1.39. The summed E-state index contributed by atoms with van der Waals surface area (Å²) >= 11 is 0. The fourth-order valence-corrected chi connectivity index (χ4v) is 2.71. The summed E-state index contributed by atoms with van der Waals surface area (Å²) in [5, 5.41) is 9.49. The first-order valence-electron chi connectivity index (χ1n) is 6.96. The van der Waals surface area contributed by atoms with Gasteiger partial charge in [-0.2, -0.15) is 0 Å². The summed E-state index contributed by atoms with van der Waals surface area (Å²) in [5.41, 5.74) is 0.874. The van der Waals surface area contributed by atoms with E-state index in [1.165, 1.54) is 0 Å². The normalized spacial score (nSPS) is 19.2. The van der Waals surface area contributed by atoms with Crippen LogP contribution in [0.15, 0.2) is 30.3 Å². The van der Waals surface area contributed by atoms with Gasteiger partial charge >= 0.3 is 5.97 Å². The fraction of sp³-hybridized carbons (Fsp3) is 0.533. The quantitative estimate of drug-likeness (QED) is 0.879. The van der Waals surface area contributed by atoms with Gasteiger partial charge in [-0.3, -0.25) is 9.69 Å². The number of carbonyl (C=O) groups is 1. The molecule has 1 fully saturated rings. The summed E-state index contributed by atoms with van der Waals surface area (Å²) in [6.45, 7) is 6.86. The van der Waals surface area contributed by atoms with Crippen LogP contribution in [0.3, 0.4) is 0 Å². The summed E-state index contributed by atoms with van der Waals surface area (Å²) in [4.78, 5) is 16.0. The highest BCUT2D eigenvalue weighted by Crippen LogP contribution is 2.22. The van der Waals surface area contributed by atoms with Gasteiger partial charge in [-0.25, -0.2) is 0 Å². The van der Waals surface area contributed by atoms with Crippen molar-refractivity contribution in [2.24, 2.45) is 0 Å². The SMILES string of the molecule is CCCN1CCN(C(C(=O)O)c2ccccc2)CC1. The van der Waals surface area contributed by atoms with E-state index in [9.17, 15) is 9.90 Å². The van der Waals surface area contributed by atoms with Gasteiger partial charge in [0, 0.05) is 26.2 Å². The average molecular weight is 262 g/mol. The second-order valence-electron chi connectivity index (χ2n) is 5.03. The lowest BCUT2D eigenvalue weighted by Crippen LogP contribution is -2.49. The predicted octanol–water partition coefficient (Wildman–Crippen LogP) is 1.84. The minimum absolute atomic E-state index is 0.509. The first-order valence-corrected chi connectivity index (χ1v) is 6.96. The number of piperazine rings is 1. The van der Waals surface area contributed by atoms with E-state index in [4.69, 9.17) is 0 Å². The molecule has 1 aliphatic rings. The van der Waals surface area contributed by atoms with Crippen LogP contribution in [-0.2, 0) is 4.79 Å². The molecule has 1 aliphatic heterocycles. The lowest BCUT2D eigenvalue weighted by atomic mass is 10.0. The summed E-state index contributed by atoms with van der Waals surface area (Å²) in [6, 6.07) is 9.01. The number of carboxylic acid groups (broad SMARTS) is 1. The van der Waals surface area contributed by atoms with Crippen molar-refractivity contribution >= 4 is 5.97 Å². The maximum atomic E-state index is 11.6. The third kappa shape index (κ3) is 3.55. The minimum atomic E-state index is -0.754. The molecule has 4 nitrogen and oxygen atoms in total. The van der Waals surface area contributed by atoms with E-state index in [0.29, 0.717) is 0 Å². The molecule has 1 aromatic carbocycles. The number of benzene rings is 1. The van der Waals surface area contributed by atoms with Crippen molar-refractivity contribution in [2.45, 2.75) is 19.4 Å². The molecule has 0 aromatic heterocycles. The Morgan fingerprint density at radius 2 is 1.84 bits per heavy atom. The third-order valence-corrected chi connectivity index (χ3v) is 3.66. The van der Waals surface area contributed by atoms with Crippen LogP contribution >= 0.6 is 0 Å². The summed E-state index contributed by atoms with van der Waals surface area (Å²) in [7, 11) is 0. The molecule has 1 aromatic rings. The molecule has 2 rings (SSSR count). The second kappa shape index (κ2) is 6.68. The molecule has 1 heterocycles. The number of carboxylic acids is 1. The first-order chi connectivity index (χ1) is 9.22. The Morgan fingerprint density at radius 1 is 1.21 bits per heavy atom. The molecule has 0 spiro atoms. The molecule has 104 valence electrons. The van der Waals surface area contributed by atoms with Crippen LogP contribution in [0.2, 0.25) is 0 Å². The third-order valence-electron chi connectivity index (χ3n) is 3.66. The summed E-state index contributed by atoms with van der Waals surface area (Å²) in [6.07, 6.45) is 1.15. The van der Waals surface area contributed by atoms with E-state index in [1.807, 2.05) is 30.3 Å². The van der Waals surface area contributed by atoms with Crippen LogP contribution in [-0.4, -0.2) is 53.6 Å². The Labute approximate surface area is 114 Å². The molecule has 4 heteroatoms. The van der Waals surface area contributed by atoms with E-state index >= 15 is 0 Å². The maximum Gasteiger partial charge on any atom is 0.325 e. The Balaban J connectivity index is 2.04. The van der Waals surface area contributed by atoms with Gasteiger partial charge in [-0.05, 0) is 18.5 Å². The molecular formula is C15H22N2O2. The van der Waals surface area contributed by atoms with Gasteiger partial charge in [-0.1, -0.05) is 37.3 Å². The van der Waals surface area contributed by atoms with Crippen LogP contribution in [0.1, 0.15) is 24.9 Å². The van der Waals surface area contributed by atoms with Crippen molar-refractivity contribution in [3.05, 3.63) is 35.9 Å². The zero-order chi connectivity index (χ0) is 13.7. The highest BCUT2D eigenvalue weighted by molar-refractivity contribution is 5.75. The molecule has 0 saturated carbocycles. The highest BCUT2D eigenvalue weighted by atomic mass is 16.4. The largest absolute Gasteiger partial charge is 0.480 e. The van der Waals surface area contributed by atoms with Crippen molar-refractivity contribution < 1.29 is 9.90 Å². The Morgan fingerprint density at radius 3 is 2.37 bits per heavy atom. The monoisotopic (exact) mass is 262 g/mol. The van der Waals surface area contributed by atoms with Crippen molar-refractivity contribution in [1.82, 2.24) is 9.80 Å². The summed E-state index contributed by atoms with van der Waals surface area (Å²) in [5.74, 6) is -0.754. The van der Waals surface area contributed by atoms with Gasteiger partial charge in [0.1, 0.15) is 6.04 Å². The lowest BCUT2D eigenvalue weighted by Gasteiger charge is -2.37. The second-order valence-corrected chi connectivity index (χ2v) is 5.03. The number of nitrogens with zero attached hydrogens (tertiary/aromatic N) is 2. The molecule has 1 saturated heterocycles. The average Bonchev–Trinajstić information content (AvgIpc) is 2.42. The fourth-order valence-electron chi connectivity index (χ4n) is 2.71. The van der Waals surface area contributed by atoms with Crippen LogP contribution in [0, 0.1) is 0 Å². The number of hydrogen-bond acceptors (Lipinski definition) is 3. The highest BCUT2D eigenvalue weighted by Gasteiger charge is 2.29. The maximum absolute atomic E-state index is 11.6. The minimum Gasteiger partial charge on any atom is -0.480 e. The topological polar surface area (TPSA) is 43.8 Å². The van der Waals surface area contributed by atoms with Crippen molar-refractivity contribution in [2.75, 3.05) is 32.7 Å². The number of hydrogen-bond donors (Lipinski definition) is 1. The standard InChI is InChI=1S/C15H22N2O2/c1-2-8-16-9-11-17(12-10-16)14(15(18)19)13-6-4-3-5-7-13/h3-7,14H,2,8-12H2,1H3,(H,18,19). The van der Waals surface area contributed by atoms with E-state index in [0.717, 1.165) is 44.7 Å². The van der Waals surface area contributed by atoms with E-state index < -0.39 is 12.0 Å². The first kappa shape index (κ1) is 14.0. The van der Waals surface area contributed by atoms with Gasteiger partial charge in [-0.15, -0.1) is 0 Å².